The largest absolute Gasteiger partial charge is 0.386 e. The molecule has 0 amide bonds. The van der Waals surface area contributed by atoms with Crippen LogP contribution in [0, 0.1) is 21.6 Å². The minimum atomic E-state index is -0.258. The number of hydrogen-bond donors (Lipinski definition) is 18. The van der Waals surface area contributed by atoms with Gasteiger partial charge in [0.25, 0.3) is 0 Å². The molecule has 0 unspecified atom stereocenters. The van der Waals surface area contributed by atoms with E-state index in [0.29, 0.717) is 22.8 Å². The van der Waals surface area contributed by atoms with Crippen molar-refractivity contribution in [1.29, 1.82) is 21.6 Å². The smallest absolute Gasteiger partial charge is 0.211 e. The van der Waals surface area contributed by atoms with Crippen LogP contribution in [0.25, 0.3) is 0 Å². The van der Waals surface area contributed by atoms with Crippen LogP contribution in [-0.4, -0.2) is 108 Å². The van der Waals surface area contributed by atoms with E-state index in [1.165, 1.54) is 24.9 Å². The van der Waals surface area contributed by atoms with E-state index in [1.807, 2.05) is 0 Å². The van der Waals surface area contributed by atoms with Gasteiger partial charge in [-0.1, -0.05) is 0 Å². The summed E-state index contributed by atoms with van der Waals surface area (Å²) < 4.78 is 0. The lowest BCUT2D eigenvalue weighted by atomic mass is 10.5. The highest BCUT2D eigenvalue weighted by Crippen LogP contribution is 1.78. The van der Waals surface area contributed by atoms with Crippen molar-refractivity contribution in [2.24, 2.45) is 130 Å². The Morgan fingerprint density at radius 3 is 0.827 bits per heavy atom. The van der Waals surface area contributed by atoms with E-state index in [2.05, 4.69) is 71.9 Å². The average molecular weight is 735 g/mol. The first-order valence-corrected chi connectivity index (χ1v) is 13.5. The van der Waals surface area contributed by atoms with Crippen molar-refractivity contribution in [3.63, 3.8) is 0 Å². The van der Waals surface area contributed by atoms with Gasteiger partial charge in [0.1, 0.15) is 11.7 Å². The lowest BCUT2D eigenvalue weighted by molar-refractivity contribution is 1.00. The Bertz CT molecular complexity index is 1260. The normalized spacial score (nSPS) is 11.5. The van der Waals surface area contributed by atoms with Gasteiger partial charge in [0, 0.05) is 12.4 Å². The molecular formula is C22H50N30. The molecule has 0 fully saturated rings. The Morgan fingerprint density at radius 1 is 0.404 bits per heavy atom. The second-order valence-electron chi connectivity index (χ2n) is 8.62. The van der Waals surface area contributed by atoms with Crippen LogP contribution in [0.4, 0.5) is 0 Å². The van der Waals surface area contributed by atoms with Crippen LogP contribution in [0.2, 0.25) is 0 Å². The Hall–Kier alpha value is -8.08. The zero-order valence-electron chi connectivity index (χ0n) is 29.0. The predicted molar refractivity (Wildman–Crippen MR) is 213 cm³/mol. The van der Waals surface area contributed by atoms with Crippen LogP contribution in [0.1, 0.15) is 27.7 Å². The summed E-state index contributed by atoms with van der Waals surface area (Å²) in [5.74, 6) is -1.02. The zero-order valence-corrected chi connectivity index (χ0v) is 29.0. The van der Waals surface area contributed by atoms with Crippen molar-refractivity contribution in [2.75, 3.05) is 13.1 Å². The summed E-state index contributed by atoms with van der Waals surface area (Å²) in [5.41, 5.74) is 66.7. The van der Waals surface area contributed by atoms with E-state index in [4.69, 9.17) is 90.4 Å². The predicted octanol–water partition coefficient (Wildman–Crippen LogP) is -6.51. The van der Waals surface area contributed by atoms with Gasteiger partial charge in [-0.05, 0) is 27.7 Å². The SMILES string of the molecule is C/C(C=NCC(=N)N)=N/N=C(N)N.C/C(C=NCC(=N)N)=N\N=C(N)N.CC(/C=N\NC(=N)N)=N/N=C(N)N.CC(/C=N\NC(=N)N)=N\N=C(N)N. The number of hydrogen-bond acceptors (Lipinski definition) is 16. The lowest BCUT2D eigenvalue weighted by Crippen LogP contribution is -2.25. The highest BCUT2D eigenvalue weighted by atomic mass is 15.3. The number of hydrazone groups is 2. The molecular weight excluding hydrogens is 684 g/mol. The molecule has 0 atom stereocenters. The first-order chi connectivity index (χ1) is 24.1. The van der Waals surface area contributed by atoms with Crippen LogP contribution in [0.15, 0.2) is 61.0 Å². The molecule has 0 aliphatic rings. The highest BCUT2D eigenvalue weighted by Gasteiger charge is 1.88. The third kappa shape index (κ3) is 54.4. The first kappa shape index (κ1) is 50.8. The molecule has 0 aliphatic heterocycles. The van der Waals surface area contributed by atoms with E-state index < -0.39 is 0 Å². The van der Waals surface area contributed by atoms with Crippen molar-refractivity contribution in [1.82, 2.24) is 10.9 Å². The minimum absolute atomic E-state index is 0.00844. The quantitative estimate of drug-likeness (QED) is 0.0448. The Labute approximate surface area is 298 Å². The van der Waals surface area contributed by atoms with E-state index >= 15 is 0 Å². The summed E-state index contributed by atoms with van der Waals surface area (Å²) >= 11 is 0. The van der Waals surface area contributed by atoms with Gasteiger partial charge in [0.05, 0.1) is 48.4 Å². The maximum absolute atomic E-state index is 6.87. The molecule has 52 heavy (non-hydrogen) atoms. The molecule has 0 heterocycles. The Morgan fingerprint density at radius 2 is 0.635 bits per heavy atom. The van der Waals surface area contributed by atoms with Gasteiger partial charge in [0.15, 0.2) is 0 Å². The zero-order chi connectivity index (χ0) is 41.1. The molecule has 0 aliphatic carbocycles. The Balaban J connectivity index is -0.000000295. The molecule has 0 aromatic rings. The van der Waals surface area contributed by atoms with Crippen LogP contribution in [0.5, 0.6) is 0 Å². The molecule has 288 valence electrons. The summed E-state index contributed by atoms with van der Waals surface area (Å²) in [5, 5.41) is 62.3. The molecule has 30 heteroatoms. The molecule has 0 saturated carbocycles. The Kier molecular flexibility index (Phi) is 32.1. The molecule has 0 bridgehead atoms. The van der Waals surface area contributed by atoms with Crippen molar-refractivity contribution in [3.05, 3.63) is 0 Å². The fourth-order valence-corrected chi connectivity index (χ4v) is 1.59. The van der Waals surface area contributed by atoms with E-state index in [1.54, 1.807) is 27.7 Å². The van der Waals surface area contributed by atoms with Crippen molar-refractivity contribution in [2.45, 2.75) is 27.7 Å². The fraction of sp³-hybridized carbons (Fsp3) is 0.273. The molecule has 0 radical (unpaired) electrons. The van der Waals surface area contributed by atoms with Crippen LogP contribution >= 0.6 is 0 Å². The molecule has 0 aromatic carbocycles. The van der Waals surface area contributed by atoms with Gasteiger partial charge in [0.2, 0.25) is 35.8 Å². The fourth-order valence-electron chi connectivity index (χ4n) is 1.59. The highest BCUT2D eigenvalue weighted by molar-refractivity contribution is 6.30. The summed E-state index contributed by atoms with van der Waals surface area (Å²) in [4.78, 5) is 7.59. The topological polar surface area (TPSA) is 580 Å². The van der Waals surface area contributed by atoms with Crippen molar-refractivity contribution < 1.29 is 0 Å². The average Bonchev–Trinajstić information content (AvgIpc) is 3.01. The van der Waals surface area contributed by atoms with Crippen LogP contribution in [-0.2, 0) is 0 Å². The van der Waals surface area contributed by atoms with E-state index in [0.717, 1.165) is 0 Å². The second kappa shape index (κ2) is 32.8. The molecule has 0 spiro atoms. The summed E-state index contributed by atoms with van der Waals surface area (Å²) in [7, 11) is 0. The monoisotopic (exact) mass is 734 g/mol. The number of guanidine groups is 6. The summed E-state index contributed by atoms with van der Waals surface area (Å²) in [6, 6.07) is 0. The minimum Gasteiger partial charge on any atom is -0.386 e. The van der Waals surface area contributed by atoms with Crippen LogP contribution < -0.4 is 79.7 Å². The van der Waals surface area contributed by atoms with Crippen molar-refractivity contribution in [3.8, 4) is 0 Å². The first-order valence-electron chi connectivity index (χ1n) is 13.5. The molecule has 0 saturated heterocycles. The van der Waals surface area contributed by atoms with Gasteiger partial charge in [-0.25, -0.2) is 10.9 Å². The maximum atomic E-state index is 6.87. The van der Waals surface area contributed by atoms with Gasteiger partial charge in [-0.3, -0.25) is 31.6 Å². The standard InChI is InChI=1S/2C6H13N7.2C5H12N8/c2*1-4(12-13-6(9)10)2-11-3-5(7)8;2*1-3(11-13-5(8)9)2-10-12-4(6)7/h2*2H,3H2,1H3,(H3,7,8)(H4,9,10,13);2*2H,1H3,(H4,6,7,12)(H4,8,9,13)/b11-2?,12-4+;11-2?,12-4-;10-2-,11-3+;10-2-,11-3-. The molecule has 0 rings (SSSR count). The summed E-state index contributed by atoms with van der Waals surface area (Å²) in [6.07, 6.45) is 5.53. The van der Waals surface area contributed by atoms with Gasteiger partial charge in [-0.2, -0.15) is 30.6 Å². The molecule has 30 N–H and O–H groups in total. The number of nitrogens with two attached hydrogens (primary N) is 12. The van der Waals surface area contributed by atoms with E-state index in [-0.39, 0.29) is 60.5 Å². The van der Waals surface area contributed by atoms with Crippen molar-refractivity contribution >= 4 is 95.1 Å². The number of nitrogens with one attached hydrogen (secondary N) is 6. The lowest BCUT2D eigenvalue weighted by Gasteiger charge is -1.92. The molecule has 30 nitrogen and oxygen atoms in total. The van der Waals surface area contributed by atoms with Crippen LogP contribution in [0.3, 0.4) is 0 Å². The second-order valence-corrected chi connectivity index (χ2v) is 8.62. The number of aliphatic imine (C=N–C) groups is 2. The van der Waals surface area contributed by atoms with E-state index in [9.17, 15) is 0 Å². The number of nitrogens with zero attached hydrogens (tertiary/aromatic N) is 12. The third-order valence-corrected chi connectivity index (χ3v) is 3.25. The summed E-state index contributed by atoms with van der Waals surface area (Å²) in [6.45, 7) is 6.92. The van der Waals surface area contributed by atoms with Gasteiger partial charge < -0.3 is 68.8 Å². The maximum Gasteiger partial charge on any atom is 0.211 e. The number of rotatable bonds is 14. The molecule has 0 aromatic heterocycles. The third-order valence-electron chi connectivity index (χ3n) is 3.25. The van der Waals surface area contributed by atoms with Gasteiger partial charge in [-0.15, -0.1) is 20.4 Å². The van der Waals surface area contributed by atoms with Gasteiger partial charge >= 0.3 is 0 Å². The number of amidine groups is 2.